The molecule has 2 N–H and O–H groups in total. The zero-order valence-electron chi connectivity index (χ0n) is 11.9. The maximum atomic E-state index is 13.3. The molecule has 4 heteroatoms. The number of aromatic nitrogens is 2. The van der Waals surface area contributed by atoms with Crippen molar-refractivity contribution in [2.24, 2.45) is 5.73 Å². The quantitative estimate of drug-likeness (QED) is 0.895. The Bertz CT molecular complexity index is 560. The number of halogens is 1. The minimum atomic E-state index is -0.234. The van der Waals surface area contributed by atoms with E-state index in [1.807, 2.05) is 6.07 Å². The predicted octanol–water partition coefficient (Wildman–Crippen LogP) is 3.60. The highest BCUT2D eigenvalue weighted by Gasteiger charge is 2.18. The van der Waals surface area contributed by atoms with Gasteiger partial charge < -0.3 is 10.3 Å². The summed E-state index contributed by atoms with van der Waals surface area (Å²) in [6.07, 6.45) is 1.99. The van der Waals surface area contributed by atoms with Gasteiger partial charge in [-0.05, 0) is 45.4 Å². The Kier molecular flexibility index (Phi) is 4.20. The van der Waals surface area contributed by atoms with E-state index in [2.05, 4.69) is 30.3 Å². The smallest absolute Gasteiger partial charge is 0.125 e. The van der Waals surface area contributed by atoms with E-state index in [0.29, 0.717) is 18.5 Å². The van der Waals surface area contributed by atoms with Gasteiger partial charge in [-0.15, -0.1) is 0 Å². The van der Waals surface area contributed by atoms with E-state index in [0.717, 1.165) is 29.7 Å². The lowest BCUT2D eigenvalue weighted by atomic mass is 10.0. The van der Waals surface area contributed by atoms with Gasteiger partial charge in [-0.25, -0.2) is 9.37 Å². The molecule has 1 heterocycles. The highest BCUT2D eigenvalue weighted by molar-refractivity contribution is 5.76. The molecule has 19 heavy (non-hydrogen) atoms. The zero-order chi connectivity index (χ0) is 14.0. The monoisotopic (exact) mass is 263 g/mol. The van der Waals surface area contributed by atoms with Crippen molar-refractivity contribution < 1.29 is 4.39 Å². The summed E-state index contributed by atoms with van der Waals surface area (Å²) in [5, 5.41) is 0. The highest BCUT2D eigenvalue weighted by Crippen LogP contribution is 2.28. The van der Waals surface area contributed by atoms with E-state index >= 15 is 0 Å². The molecular formula is C15H22FN3. The fourth-order valence-corrected chi connectivity index (χ4v) is 2.53. The molecule has 0 aliphatic rings. The van der Waals surface area contributed by atoms with Crippen molar-refractivity contribution in [3.8, 4) is 0 Å². The Morgan fingerprint density at radius 3 is 2.68 bits per heavy atom. The molecule has 1 aromatic carbocycles. The van der Waals surface area contributed by atoms with E-state index in [1.165, 1.54) is 12.1 Å². The molecule has 1 aromatic heterocycles. The second-order valence-electron chi connectivity index (χ2n) is 5.40. The minimum absolute atomic E-state index is 0.234. The van der Waals surface area contributed by atoms with E-state index in [1.54, 1.807) is 0 Å². The van der Waals surface area contributed by atoms with Crippen LogP contribution in [0.25, 0.3) is 11.0 Å². The lowest BCUT2D eigenvalue weighted by Gasteiger charge is -2.17. The van der Waals surface area contributed by atoms with Crippen molar-refractivity contribution in [2.75, 3.05) is 6.54 Å². The van der Waals surface area contributed by atoms with Crippen molar-refractivity contribution in [1.29, 1.82) is 0 Å². The molecule has 0 fully saturated rings. The topological polar surface area (TPSA) is 43.8 Å². The third kappa shape index (κ3) is 2.78. The molecule has 0 aliphatic heterocycles. The Labute approximate surface area is 113 Å². The molecule has 0 radical (unpaired) electrons. The summed E-state index contributed by atoms with van der Waals surface area (Å²) in [5.74, 6) is 1.13. The molecule has 104 valence electrons. The van der Waals surface area contributed by atoms with Crippen LogP contribution in [-0.4, -0.2) is 16.1 Å². The second-order valence-corrected chi connectivity index (χ2v) is 5.40. The number of nitrogens with two attached hydrogens (primary N) is 1. The van der Waals surface area contributed by atoms with Crippen LogP contribution in [0.2, 0.25) is 0 Å². The van der Waals surface area contributed by atoms with Gasteiger partial charge >= 0.3 is 0 Å². The van der Waals surface area contributed by atoms with E-state index in [9.17, 15) is 4.39 Å². The van der Waals surface area contributed by atoms with Crippen molar-refractivity contribution >= 4 is 11.0 Å². The zero-order valence-corrected chi connectivity index (χ0v) is 11.9. The van der Waals surface area contributed by atoms with Crippen LogP contribution in [0.15, 0.2) is 18.2 Å². The first-order chi connectivity index (χ1) is 9.04. The minimum Gasteiger partial charge on any atom is -0.330 e. The molecule has 0 aliphatic carbocycles. The summed E-state index contributed by atoms with van der Waals surface area (Å²) < 4.78 is 15.5. The molecule has 0 saturated carbocycles. The maximum Gasteiger partial charge on any atom is 0.125 e. The Morgan fingerprint density at radius 2 is 2.05 bits per heavy atom. The first kappa shape index (κ1) is 14.0. The lowest BCUT2D eigenvalue weighted by molar-refractivity contribution is 0.526. The molecule has 0 spiro atoms. The number of benzene rings is 1. The highest BCUT2D eigenvalue weighted by atomic mass is 19.1. The molecule has 3 nitrogen and oxygen atoms in total. The Morgan fingerprint density at radius 1 is 1.32 bits per heavy atom. The summed E-state index contributed by atoms with van der Waals surface area (Å²) in [6.45, 7) is 7.11. The van der Waals surface area contributed by atoms with Crippen LogP contribution in [0.4, 0.5) is 4.39 Å². The normalized spacial score (nSPS) is 13.4. The molecular weight excluding hydrogens is 241 g/mol. The largest absolute Gasteiger partial charge is 0.330 e. The molecule has 1 atom stereocenters. The van der Waals surface area contributed by atoms with Crippen LogP contribution in [0, 0.1) is 5.82 Å². The van der Waals surface area contributed by atoms with Gasteiger partial charge in [0.15, 0.2) is 0 Å². The molecule has 1 unspecified atom stereocenters. The van der Waals surface area contributed by atoms with E-state index in [-0.39, 0.29) is 5.82 Å². The van der Waals surface area contributed by atoms with Crippen LogP contribution in [0.3, 0.4) is 0 Å². The molecule has 0 saturated heterocycles. The molecule has 2 aromatic rings. The number of rotatable bonds is 5. The fraction of sp³-hybridized carbons (Fsp3) is 0.533. The second kappa shape index (κ2) is 5.70. The average molecular weight is 263 g/mol. The van der Waals surface area contributed by atoms with Crippen LogP contribution in [0.5, 0.6) is 0 Å². The summed E-state index contributed by atoms with van der Waals surface area (Å²) in [6, 6.07) is 5.13. The van der Waals surface area contributed by atoms with Gasteiger partial charge in [-0.1, -0.05) is 6.92 Å². The van der Waals surface area contributed by atoms with Crippen molar-refractivity contribution in [1.82, 2.24) is 9.55 Å². The van der Waals surface area contributed by atoms with Gasteiger partial charge in [0.1, 0.15) is 11.6 Å². The van der Waals surface area contributed by atoms with Gasteiger partial charge in [0.05, 0.1) is 11.0 Å². The van der Waals surface area contributed by atoms with Gasteiger partial charge in [0.25, 0.3) is 0 Å². The first-order valence-corrected chi connectivity index (χ1v) is 6.92. The maximum absolute atomic E-state index is 13.3. The predicted molar refractivity (Wildman–Crippen MR) is 76.8 cm³/mol. The lowest BCUT2D eigenvalue weighted by Crippen LogP contribution is -2.10. The van der Waals surface area contributed by atoms with Crippen molar-refractivity contribution in [2.45, 2.75) is 45.6 Å². The number of imidazole rings is 1. The summed E-state index contributed by atoms with van der Waals surface area (Å²) >= 11 is 0. The van der Waals surface area contributed by atoms with Crippen molar-refractivity contribution in [3.05, 3.63) is 29.8 Å². The number of hydrogen-bond acceptors (Lipinski definition) is 2. The molecule has 0 amide bonds. The van der Waals surface area contributed by atoms with Crippen LogP contribution < -0.4 is 5.73 Å². The first-order valence-electron chi connectivity index (χ1n) is 6.92. The summed E-state index contributed by atoms with van der Waals surface area (Å²) in [5.41, 5.74) is 7.32. The standard InChI is InChI=1S/C15H22FN3/c1-10(2)19-14-7-6-12(16)9-13(14)18-15(19)11(3)5-4-8-17/h6-7,9-11H,4-5,8,17H2,1-3H3. The van der Waals surface area contributed by atoms with Gasteiger partial charge in [-0.2, -0.15) is 0 Å². The fourth-order valence-electron chi connectivity index (χ4n) is 2.53. The van der Waals surface area contributed by atoms with E-state index in [4.69, 9.17) is 5.73 Å². The van der Waals surface area contributed by atoms with Crippen LogP contribution >= 0.6 is 0 Å². The van der Waals surface area contributed by atoms with Gasteiger partial charge in [0, 0.05) is 18.0 Å². The number of nitrogens with zero attached hydrogens (tertiary/aromatic N) is 2. The third-order valence-corrected chi connectivity index (χ3v) is 3.48. The molecule has 2 rings (SSSR count). The van der Waals surface area contributed by atoms with Crippen LogP contribution in [0.1, 0.15) is 51.4 Å². The van der Waals surface area contributed by atoms with Crippen LogP contribution in [-0.2, 0) is 0 Å². The van der Waals surface area contributed by atoms with E-state index < -0.39 is 0 Å². The van der Waals surface area contributed by atoms with Crippen molar-refractivity contribution in [3.63, 3.8) is 0 Å². The van der Waals surface area contributed by atoms with Gasteiger partial charge in [-0.3, -0.25) is 0 Å². The van der Waals surface area contributed by atoms with Gasteiger partial charge in [0.2, 0.25) is 0 Å². The summed E-state index contributed by atoms with van der Waals surface area (Å²) in [4.78, 5) is 4.63. The number of fused-ring (bicyclic) bond motifs is 1. The average Bonchev–Trinajstić information content (AvgIpc) is 2.74. The number of hydrogen-bond donors (Lipinski definition) is 1. The Hall–Kier alpha value is -1.42. The summed E-state index contributed by atoms with van der Waals surface area (Å²) in [7, 11) is 0. The Balaban J connectivity index is 2.49. The third-order valence-electron chi connectivity index (χ3n) is 3.48. The molecule has 0 bridgehead atoms. The SMILES string of the molecule is CC(CCCN)c1nc2cc(F)ccc2n1C(C)C.